The molecule has 26 heavy (non-hydrogen) atoms. The second-order valence-corrected chi connectivity index (χ2v) is 5.64. The Morgan fingerprint density at radius 2 is 1.73 bits per heavy atom. The van der Waals surface area contributed by atoms with E-state index < -0.39 is 0 Å². The molecule has 2 aromatic carbocycles. The highest BCUT2D eigenvalue weighted by molar-refractivity contribution is 5.84. The molecule has 2 heterocycles. The van der Waals surface area contributed by atoms with Gasteiger partial charge < -0.3 is 10.5 Å². The van der Waals surface area contributed by atoms with Gasteiger partial charge in [-0.1, -0.05) is 24.3 Å². The van der Waals surface area contributed by atoms with Crippen molar-refractivity contribution in [3.8, 4) is 22.8 Å². The topological polar surface area (TPSA) is 95.9 Å². The Bertz CT molecular complexity index is 1140. The van der Waals surface area contributed by atoms with Crippen molar-refractivity contribution in [2.75, 3.05) is 12.8 Å². The normalized spacial score (nSPS) is 10.8. The van der Waals surface area contributed by atoms with Gasteiger partial charge in [0.15, 0.2) is 0 Å². The molecular formula is C19H15N5O2. The molecule has 0 fully saturated rings. The first-order valence-electron chi connectivity index (χ1n) is 7.91. The fourth-order valence-corrected chi connectivity index (χ4v) is 2.78. The third-order valence-corrected chi connectivity index (χ3v) is 4.05. The van der Waals surface area contributed by atoms with Crippen LogP contribution >= 0.6 is 0 Å². The van der Waals surface area contributed by atoms with Crippen molar-refractivity contribution in [1.29, 1.82) is 0 Å². The minimum absolute atomic E-state index is 0.147. The van der Waals surface area contributed by atoms with Crippen LogP contribution in [0.15, 0.2) is 65.7 Å². The summed E-state index contributed by atoms with van der Waals surface area (Å²) >= 11 is 0. The molecule has 7 heteroatoms. The first-order chi connectivity index (χ1) is 12.7. The predicted octanol–water partition coefficient (Wildman–Crippen LogP) is 2.43. The number of hydrogen-bond donors (Lipinski definition) is 1. The Hall–Kier alpha value is -3.74. The van der Waals surface area contributed by atoms with Crippen LogP contribution in [0.3, 0.4) is 0 Å². The third kappa shape index (κ3) is 2.65. The zero-order valence-electron chi connectivity index (χ0n) is 14.0. The van der Waals surface area contributed by atoms with Crippen molar-refractivity contribution in [1.82, 2.24) is 19.5 Å². The molecule has 0 atom stereocenters. The number of rotatable bonds is 3. The van der Waals surface area contributed by atoms with E-state index in [0.29, 0.717) is 16.6 Å². The van der Waals surface area contributed by atoms with E-state index in [1.165, 1.54) is 11.7 Å². The molecule has 0 saturated heterocycles. The molecule has 4 rings (SSSR count). The molecule has 2 aromatic heterocycles. The van der Waals surface area contributed by atoms with Gasteiger partial charge >= 0.3 is 6.01 Å². The van der Waals surface area contributed by atoms with Crippen LogP contribution in [0.4, 0.5) is 5.95 Å². The van der Waals surface area contributed by atoms with E-state index in [9.17, 15) is 4.79 Å². The zero-order chi connectivity index (χ0) is 18.1. The first kappa shape index (κ1) is 15.8. The molecule has 7 nitrogen and oxygen atoms in total. The highest BCUT2D eigenvalue weighted by Crippen LogP contribution is 2.23. The zero-order valence-corrected chi connectivity index (χ0v) is 14.0. The summed E-state index contributed by atoms with van der Waals surface area (Å²) in [6.45, 7) is 0. The largest absolute Gasteiger partial charge is 0.467 e. The summed E-state index contributed by atoms with van der Waals surface area (Å²) in [4.78, 5) is 25.6. The second-order valence-electron chi connectivity index (χ2n) is 5.64. The monoisotopic (exact) mass is 345 g/mol. The molecule has 0 amide bonds. The average molecular weight is 345 g/mol. The fourth-order valence-electron chi connectivity index (χ4n) is 2.78. The van der Waals surface area contributed by atoms with Crippen molar-refractivity contribution in [3.63, 3.8) is 0 Å². The third-order valence-electron chi connectivity index (χ3n) is 4.05. The number of benzene rings is 2. The van der Waals surface area contributed by atoms with Crippen LogP contribution in [0.25, 0.3) is 27.7 Å². The summed E-state index contributed by atoms with van der Waals surface area (Å²) in [7, 11) is 1.51. The Morgan fingerprint density at radius 1 is 1.00 bits per heavy atom. The number of para-hydroxylation sites is 1. The summed E-state index contributed by atoms with van der Waals surface area (Å²) < 4.78 is 6.37. The lowest BCUT2D eigenvalue weighted by molar-refractivity contribution is 0.380. The molecule has 2 N–H and O–H groups in total. The van der Waals surface area contributed by atoms with Gasteiger partial charge in [-0.15, -0.1) is 0 Å². The maximum absolute atomic E-state index is 13.0. The van der Waals surface area contributed by atoms with Gasteiger partial charge in [0.25, 0.3) is 5.56 Å². The summed E-state index contributed by atoms with van der Waals surface area (Å²) in [6.07, 6.45) is 3.29. The highest BCUT2D eigenvalue weighted by Gasteiger charge is 2.12. The number of ether oxygens (including phenoxy) is 1. The number of fused-ring (bicyclic) bond motifs is 1. The van der Waals surface area contributed by atoms with Crippen molar-refractivity contribution < 1.29 is 4.74 Å². The van der Waals surface area contributed by atoms with Gasteiger partial charge in [-0.2, -0.15) is 0 Å². The Morgan fingerprint density at radius 3 is 2.42 bits per heavy atom. The second kappa shape index (κ2) is 6.29. The number of nitrogens with two attached hydrogens (primary N) is 1. The standard InChI is InChI=1S/C19H15N5O2/c1-26-19-21-10-13(11-22-19)12-7-8-16-15(9-12)17(25)24(18(20)23-16)14-5-3-2-4-6-14/h2-11H,1H3,(H2,20,23). The van der Waals surface area contributed by atoms with Crippen LogP contribution in [0.1, 0.15) is 0 Å². The van der Waals surface area contributed by atoms with E-state index in [1.54, 1.807) is 24.5 Å². The van der Waals surface area contributed by atoms with Gasteiger partial charge in [0.05, 0.1) is 23.7 Å². The molecular weight excluding hydrogens is 330 g/mol. The van der Waals surface area contributed by atoms with Crippen molar-refractivity contribution >= 4 is 16.9 Å². The maximum Gasteiger partial charge on any atom is 0.316 e. The van der Waals surface area contributed by atoms with E-state index >= 15 is 0 Å². The lowest BCUT2D eigenvalue weighted by Crippen LogP contribution is -2.23. The minimum atomic E-state index is -0.227. The molecule has 0 radical (unpaired) electrons. The minimum Gasteiger partial charge on any atom is -0.467 e. The Labute approximate surface area is 148 Å². The predicted molar refractivity (Wildman–Crippen MR) is 99.3 cm³/mol. The number of nitrogen functional groups attached to an aromatic ring is 1. The Kier molecular flexibility index (Phi) is 3.81. The van der Waals surface area contributed by atoms with E-state index in [1.807, 2.05) is 36.4 Å². The van der Waals surface area contributed by atoms with E-state index in [4.69, 9.17) is 10.5 Å². The Balaban J connectivity index is 1.91. The molecule has 0 aliphatic heterocycles. The molecule has 0 unspecified atom stereocenters. The molecule has 4 aromatic rings. The van der Waals surface area contributed by atoms with Gasteiger partial charge in [0.2, 0.25) is 5.95 Å². The van der Waals surface area contributed by atoms with E-state index in [-0.39, 0.29) is 17.5 Å². The SMILES string of the molecule is COc1ncc(-c2ccc3nc(N)n(-c4ccccc4)c(=O)c3c2)cn1. The van der Waals surface area contributed by atoms with E-state index in [2.05, 4.69) is 15.0 Å². The molecule has 0 aliphatic rings. The number of anilines is 1. The maximum atomic E-state index is 13.0. The summed E-state index contributed by atoms with van der Waals surface area (Å²) in [5.74, 6) is 0.147. The van der Waals surface area contributed by atoms with Crippen molar-refractivity contribution in [2.24, 2.45) is 0 Å². The van der Waals surface area contributed by atoms with Crippen LogP contribution in [0, 0.1) is 0 Å². The average Bonchev–Trinajstić information content (AvgIpc) is 2.69. The number of methoxy groups -OCH3 is 1. The van der Waals surface area contributed by atoms with Crippen LogP contribution in [0.5, 0.6) is 6.01 Å². The molecule has 0 aliphatic carbocycles. The van der Waals surface area contributed by atoms with Crippen LogP contribution in [0.2, 0.25) is 0 Å². The smallest absolute Gasteiger partial charge is 0.316 e. The van der Waals surface area contributed by atoms with Gasteiger partial charge in [0, 0.05) is 18.0 Å². The molecule has 128 valence electrons. The summed E-state index contributed by atoms with van der Waals surface area (Å²) in [5, 5.41) is 0.469. The van der Waals surface area contributed by atoms with E-state index in [0.717, 1.165) is 11.1 Å². The number of hydrogen-bond acceptors (Lipinski definition) is 6. The fraction of sp³-hybridized carbons (Fsp3) is 0.0526. The summed E-state index contributed by atoms with van der Waals surface area (Å²) in [6, 6.07) is 14.9. The lowest BCUT2D eigenvalue weighted by Gasteiger charge is -2.11. The van der Waals surface area contributed by atoms with Crippen LogP contribution < -0.4 is 16.0 Å². The number of aromatic nitrogens is 4. The van der Waals surface area contributed by atoms with Gasteiger partial charge in [-0.25, -0.2) is 19.5 Å². The van der Waals surface area contributed by atoms with Gasteiger partial charge in [-0.3, -0.25) is 4.79 Å². The van der Waals surface area contributed by atoms with Crippen molar-refractivity contribution in [2.45, 2.75) is 0 Å². The molecule has 0 bridgehead atoms. The quantitative estimate of drug-likeness (QED) is 0.613. The molecule has 0 saturated carbocycles. The van der Waals surface area contributed by atoms with Gasteiger partial charge in [-0.05, 0) is 29.8 Å². The number of nitrogens with zero attached hydrogens (tertiary/aromatic N) is 4. The highest BCUT2D eigenvalue weighted by atomic mass is 16.5. The van der Waals surface area contributed by atoms with Crippen LogP contribution in [-0.4, -0.2) is 26.6 Å². The van der Waals surface area contributed by atoms with Crippen molar-refractivity contribution in [3.05, 3.63) is 71.3 Å². The lowest BCUT2D eigenvalue weighted by atomic mass is 10.1. The first-order valence-corrected chi connectivity index (χ1v) is 7.91. The summed E-state index contributed by atoms with van der Waals surface area (Å²) in [5.41, 5.74) is 8.58. The molecule has 0 spiro atoms. The van der Waals surface area contributed by atoms with Crippen LogP contribution in [-0.2, 0) is 0 Å². The van der Waals surface area contributed by atoms with Gasteiger partial charge in [0.1, 0.15) is 0 Å².